The van der Waals surface area contributed by atoms with E-state index in [0.29, 0.717) is 38.2 Å². The van der Waals surface area contributed by atoms with Crippen molar-refractivity contribution in [1.29, 1.82) is 0 Å². The first-order valence-electron chi connectivity index (χ1n) is 9.13. The average molecular weight is 345 g/mol. The van der Waals surface area contributed by atoms with E-state index in [-0.39, 0.29) is 5.91 Å². The van der Waals surface area contributed by atoms with Crippen molar-refractivity contribution in [2.24, 2.45) is 0 Å². The number of ether oxygens (including phenoxy) is 2. The number of para-hydroxylation sites is 2. The average Bonchev–Trinajstić information content (AvgIpc) is 3.00. The van der Waals surface area contributed by atoms with Gasteiger partial charge < -0.3 is 14.0 Å². The fraction of sp³-hybridized carbons (Fsp3) is 0.579. The number of imidazole rings is 1. The molecule has 1 aliphatic carbocycles. The van der Waals surface area contributed by atoms with Crippen LogP contribution in [0.1, 0.15) is 44.6 Å². The van der Waals surface area contributed by atoms with E-state index in [9.17, 15) is 4.79 Å². The van der Waals surface area contributed by atoms with Gasteiger partial charge in [0.1, 0.15) is 0 Å². The number of nitrogens with zero attached hydrogens (tertiary/aromatic N) is 2. The summed E-state index contributed by atoms with van der Waals surface area (Å²) in [4.78, 5) is 16.9. The van der Waals surface area contributed by atoms with E-state index in [0.717, 1.165) is 23.9 Å². The van der Waals surface area contributed by atoms with Gasteiger partial charge in [-0.05, 0) is 25.0 Å². The third-order valence-electron chi connectivity index (χ3n) is 4.69. The number of carbonyl (C=O) groups is 1. The second-order valence-electron chi connectivity index (χ2n) is 6.49. The van der Waals surface area contributed by atoms with Gasteiger partial charge in [0.25, 0.3) is 0 Å². The van der Waals surface area contributed by atoms with Crippen LogP contribution in [0.25, 0.3) is 11.0 Å². The van der Waals surface area contributed by atoms with Crippen LogP contribution in [0.5, 0.6) is 0 Å². The standard InChI is InChI=1S/C19H27N3O3/c1-24-13-14-25-12-11-18(23)21-19-20-16-9-5-6-10-17(16)22(19)15-7-3-2-4-8-15/h5-6,9-10,15H,2-4,7-8,11-14H2,1H3,(H,20,21,23). The lowest BCUT2D eigenvalue weighted by Gasteiger charge is -2.25. The molecule has 3 rings (SSSR count). The topological polar surface area (TPSA) is 65.4 Å². The highest BCUT2D eigenvalue weighted by Crippen LogP contribution is 2.34. The van der Waals surface area contributed by atoms with E-state index in [1.54, 1.807) is 7.11 Å². The van der Waals surface area contributed by atoms with Crippen LogP contribution >= 0.6 is 0 Å². The molecule has 0 radical (unpaired) electrons. The number of hydrogen-bond acceptors (Lipinski definition) is 4. The second-order valence-corrected chi connectivity index (χ2v) is 6.49. The molecule has 0 atom stereocenters. The highest BCUT2D eigenvalue weighted by atomic mass is 16.5. The smallest absolute Gasteiger partial charge is 0.229 e. The molecule has 1 aromatic heterocycles. The van der Waals surface area contributed by atoms with Crippen LogP contribution in [-0.4, -0.2) is 42.4 Å². The van der Waals surface area contributed by atoms with Gasteiger partial charge in [0.15, 0.2) is 0 Å². The monoisotopic (exact) mass is 345 g/mol. The Morgan fingerprint density at radius 2 is 2.00 bits per heavy atom. The first-order valence-corrected chi connectivity index (χ1v) is 9.13. The summed E-state index contributed by atoms with van der Waals surface area (Å²) < 4.78 is 12.5. The molecule has 1 amide bonds. The van der Waals surface area contributed by atoms with Crippen molar-refractivity contribution < 1.29 is 14.3 Å². The zero-order valence-corrected chi connectivity index (χ0v) is 14.9. The number of hydrogen-bond donors (Lipinski definition) is 1. The lowest BCUT2D eigenvalue weighted by Crippen LogP contribution is -2.21. The van der Waals surface area contributed by atoms with Crippen molar-refractivity contribution in [2.45, 2.75) is 44.6 Å². The fourth-order valence-corrected chi connectivity index (χ4v) is 3.44. The number of rotatable bonds is 8. The predicted octanol–water partition coefficient (Wildman–Crippen LogP) is 3.53. The highest BCUT2D eigenvalue weighted by Gasteiger charge is 2.22. The van der Waals surface area contributed by atoms with Gasteiger partial charge in [0.2, 0.25) is 11.9 Å². The maximum atomic E-state index is 12.3. The number of methoxy groups -OCH3 is 1. The van der Waals surface area contributed by atoms with Gasteiger partial charge in [-0.15, -0.1) is 0 Å². The number of amides is 1. The summed E-state index contributed by atoms with van der Waals surface area (Å²) in [6.45, 7) is 1.43. The molecule has 1 N–H and O–H groups in total. The van der Waals surface area contributed by atoms with Gasteiger partial charge in [-0.2, -0.15) is 0 Å². The maximum absolute atomic E-state index is 12.3. The van der Waals surface area contributed by atoms with Crippen LogP contribution in [0.3, 0.4) is 0 Å². The van der Waals surface area contributed by atoms with E-state index in [1.807, 2.05) is 18.2 Å². The quantitative estimate of drug-likeness (QED) is 0.743. The molecular formula is C19H27N3O3. The number of aromatic nitrogens is 2. The molecule has 1 aromatic carbocycles. The van der Waals surface area contributed by atoms with Gasteiger partial charge in [-0.25, -0.2) is 4.98 Å². The van der Waals surface area contributed by atoms with Crippen molar-refractivity contribution in [3.05, 3.63) is 24.3 Å². The molecule has 0 saturated heterocycles. The Balaban J connectivity index is 1.70. The molecular weight excluding hydrogens is 318 g/mol. The Kier molecular flexibility index (Phi) is 6.42. The molecule has 1 heterocycles. The van der Waals surface area contributed by atoms with Crippen LogP contribution in [0, 0.1) is 0 Å². The normalized spacial score (nSPS) is 15.6. The number of benzene rings is 1. The van der Waals surface area contributed by atoms with Gasteiger partial charge in [0.05, 0.1) is 37.3 Å². The summed E-state index contributed by atoms with van der Waals surface area (Å²) in [5.74, 6) is 0.597. The Hall–Kier alpha value is -1.92. The molecule has 0 bridgehead atoms. The van der Waals surface area contributed by atoms with Crippen molar-refractivity contribution in [1.82, 2.24) is 9.55 Å². The molecule has 6 heteroatoms. The van der Waals surface area contributed by atoms with Crippen LogP contribution in [0.2, 0.25) is 0 Å². The van der Waals surface area contributed by atoms with E-state index in [2.05, 4.69) is 20.9 Å². The van der Waals surface area contributed by atoms with Crippen LogP contribution in [0.15, 0.2) is 24.3 Å². The Morgan fingerprint density at radius 1 is 1.20 bits per heavy atom. The molecule has 0 aliphatic heterocycles. The molecule has 136 valence electrons. The minimum absolute atomic E-state index is 0.0650. The van der Waals surface area contributed by atoms with Gasteiger partial charge >= 0.3 is 0 Å². The van der Waals surface area contributed by atoms with Crippen molar-refractivity contribution >= 4 is 22.9 Å². The highest BCUT2D eigenvalue weighted by molar-refractivity contribution is 5.91. The number of nitrogens with one attached hydrogen (secondary N) is 1. The predicted molar refractivity (Wildman–Crippen MR) is 97.8 cm³/mol. The van der Waals surface area contributed by atoms with E-state index in [4.69, 9.17) is 9.47 Å². The summed E-state index contributed by atoms with van der Waals surface area (Å²) in [5.41, 5.74) is 2.03. The molecule has 6 nitrogen and oxygen atoms in total. The lowest BCUT2D eigenvalue weighted by molar-refractivity contribution is -0.117. The van der Waals surface area contributed by atoms with Crippen molar-refractivity contribution in [3.63, 3.8) is 0 Å². The summed E-state index contributed by atoms with van der Waals surface area (Å²) in [6.07, 6.45) is 6.36. The van der Waals surface area contributed by atoms with Crippen LogP contribution < -0.4 is 5.32 Å². The number of anilines is 1. The van der Waals surface area contributed by atoms with Crippen LogP contribution in [0.4, 0.5) is 5.95 Å². The Labute approximate surface area is 148 Å². The van der Waals surface area contributed by atoms with E-state index in [1.165, 1.54) is 19.3 Å². The largest absolute Gasteiger partial charge is 0.382 e. The molecule has 1 saturated carbocycles. The SMILES string of the molecule is COCCOCCC(=O)Nc1nc2ccccc2n1C1CCCCC1. The Bertz CT molecular complexity index is 692. The second kappa shape index (κ2) is 8.97. The summed E-state index contributed by atoms with van der Waals surface area (Å²) in [6, 6.07) is 8.50. The van der Waals surface area contributed by atoms with Gasteiger partial charge in [0, 0.05) is 13.2 Å². The number of fused-ring (bicyclic) bond motifs is 1. The third-order valence-corrected chi connectivity index (χ3v) is 4.69. The van der Waals surface area contributed by atoms with Crippen LogP contribution in [-0.2, 0) is 14.3 Å². The van der Waals surface area contributed by atoms with Crippen molar-refractivity contribution in [3.8, 4) is 0 Å². The molecule has 25 heavy (non-hydrogen) atoms. The summed E-state index contributed by atoms with van der Waals surface area (Å²) >= 11 is 0. The zero-order chi connectivity index (χ0) is 17.5. The third kappa shape index (κ3) is 4.58. The molecule has 1 aliphatic rings. The summed E-state index contributed by atoms with van der Waals surface area (Å²) in [5, 5.41) is 2.99. The first-order chi connectivity index (χ1) is 12.3. The molecule has 0 unspecified atom stereocenters. The fourth-order valence-electron chi connectivity index (χ4n) is 3.44. The van der Waals surface area contributed by atoms with E-state index >= 15 is 0 Å². The zero-order valence-electron chi connectivity index (χ0n) is 14.9. The minimum Gasteiger partial charge on any atom is -0.382 e. The van der Waals surface area contributed by atoms with Gasteiger partial charge in [-0.3, -0.25) is 10.1 Å². The molecule has 2 aromatic rings. The Morgan fingerprint density at radius 3 is 2.80 bits per heavy atom. The number of carbonyl (C=O) groups excluding carboxylic acids is 1. The van der Waals surface area contributed by atoms with Gasteiger partial charge in [-0.1, -0.05) is 31.4 Å². The lowest BCUT2D eigenvalue weighted by atomic mass is 9.95. The summed E-state index contributed by atoms with van der Waals surface area (Å²) in [7, 11) is 1.63. The molecule has 0 spiro atoms. The molecule has 1 fully saturated rings. The minimum atomic E-state index is -0.0650. The van der Waals surface area contributed by atoms with Crippen molar-refractivity contribution in [2.75, 3.05) is 32.2 Å². The van der Waals surface area contributed by atoms with E-state index < -0.39 is 0 Å². The maximum Gasteiger partial charge on any atom is 0.229 e. The first kappa shape index (κ1) is 17.9.